The first kappa shape index (κ1) is 21.9. The number of alkyl carbamates (subject to hydrolysis) is 1. The largest absolute Gasteiger partial charge is 0.481 e. The molecule has 4 rings (SSSR count). The van der Waals surface area contributed by atoms with E-state index in [1.807, 2.05) is 0 Å². The van der Waals surface area contributed by atoms with Gasteiger partial charge in [-0.2, -0.15) is 0 Å². The van der Waals surface area contributed by atoms with E-state index >= 15 is 0 Å². The molecule has 0 heterocycles. The van der Waals surface area contributed by atoms with Crippen molar-refractivity contribution in [3.05, 3.63) is 0 Å². The molecule has 1 amide bonds. The van der Waals surface area contributed by atoms with Crippen molar-refractivity contribution in [2.45, 2.75) is 84.2 Å². The van der Waals surface area contributed by atoms with Crippen LogP contribution in [-0.4, -0.2) is 41.5 Å². The van der Waals surface area contributed by atoms with E-state index in [4.69, 9.17) is 9.84 Å². The highest BCUT2D eigenvalue weighted by atomic mass is 16.6. The van der Waals surface area contributed by atoms with Crippen LogP contribution in [0.4, 0.5) is 4.79 Å². The zero-order valence-corrected chi connectivity index (χ0v) is 18.6. The number of rotatable bonds is 5. The van der Waals surface area contributed by atoms with Crippen LogP contribution in [0.25, 0.3) is 0 Å². The van der Waals surface area contributed by atoms with Crippen LogP contribution in [0.2, 0.25) is 0 Å². The van der Waals surface area contributed by atoms with Gasteiger partial charge in [-0.1, -0.05) is 13.8 Å². The third kappa shape index (κ3) is 3.63. The summed E-state index contributed by atoms with van der Waals surface area (Å²) < 4.78 is 5.70. The van der Waals surface area contributed by atoms with Crippen LogP contribution in [0.15, 0.2) is 0 Å². The van der Waals surface area contributed by atoms with E-state index in [0.717, 1.165) is 44.9 Å². The van der Waals surface area contributed by atoms with E-state index in [2.05, 4.69) is 19.2 Å². The number of carbonyl (C=O) groups excluding carboxylic acids is 1. The third-order valence-electron chi connectivity index (χ3n) is 9.79. The number of carboxylic acids is 1. The predicted molar refractivity (Wildman–Crippen MR) is 113 cm³/mol. The fraction of sp³-hybridized carbons (Fsp3) is 0.917. The number of aliphatic hydroxyl groups excluding tert-OH is 1. The molecule has 4 aliphatic rings. The van der Waals surface area contributed by atoms with Gasteiger partial charge in [0.25, 0.3) is 0 Å². The van der Waals surface area contributed by atoms with Crippen LogP contribution in [0.1, 0.15) is 78.1 Å². The van der Waals surface area contributed by atoms with E-state index in [9.17, 15) is 14.7 Å². The van der Waals surface area contributed by atoms with E-state index in [1.165, 1.54) is 12.8 Å². The summed E-state index contributed by atoms with van der Waals surface area (Å²) in [6.45, 7) is 5.25. The van der Waals surface area contributed by atoms with Crippen LogP contribution in [0.5, 0.6) is 0 Å². The average molecular weight is 422 g/mol. The number of hydrogen-bond donors (Lipinski definition) is 3. The molecule has 170 valence electrons. The van der Waals surface area contributed by atoms with Crippen molar-refractivity contribution < 1.29 is 24.5 Å². The normalized spacial score (nSPS) is 45.0. The van der Waals surface area contributed by atoms with Gasteiger partial charge in [0.15, 0.2) is 0 Å². The number of carboxylic acid groups (broad SMARTS) is 1. The standard InChI is InChI=1S/C24H39NO5/c1-23-10-8-16(30-22(29)25-12-3-13-26)14-15(23)4-5-17-18-6-7-20(21(27)28)24(18,2)11-9-19(17)23/h15-20,26H,3-14H2,1-2H3,(H,25,29)(H,27,28)/t15?,16?,17-,18-,19-,20?,23-,24-/m0/s1. The van der Waals surface area contributed by atoms with Gasteiger partial charge in [0.2, 0.25) is 0 Å². The number of carbonyl (C=O) groups is 2. The first-order valence-electron chi connectivity index (χ1n) is 12.1. The highest BCUT2D eigenvalue weighted by molar-refractivity contribution is 5.71. The Labute approximate surface area is 180 Å². The molecule has 0 aromatic carbocycles. The second-order valence-electron chi connectivity index (χ2n) is 11.0. The van der Waals surface area contributed by atoms with Gasteiger partial charge in [-0.3, -0.25) is 4.79 Å². The van der Waals surface area contributed by atoms with Crippen molar-refractivity contribution in [1.29, 1.82) is 0 Å². The van der Waals surface area contributed by atoms with Crippen LogP contribution in [-0.2, 0) is 9.53 Å². The molecule has 0 saturated heterocycles. The summed E-state index contributed by atoms with van der Waals surface area (Å²) in [6, 6.07) is 0. The summed E-state index contributed by atoms with van der Waals surface area (Å²) in [7, 11) is 0. The number of aliphatic carboxylic acids is 1. The monoisotopic (exact) mass is 421 g/mol. The lowest BCUT2D eigenvalue weighted by Gasteiger charge is -2.60. The van der Waals surface area contributed by atoms with Crippen LogP contribution >= 0.6 is 0 Å². The van der Waals surface area contributed by atoms with Gasteiger partial charge in [-0.15, -0.1) is 0 Å². The van der Waals surface area contributed by atoms with Gasteiger partial charge >= 0.3 is 12.1 Å². The van der Waals surface area contributed by atoms with Crippen LogP contribution in [0.3, 0.4) is 0 Å². The minimum atomic E-state index is -0.590. The Morgan fingerprint density at radius 2 is 1.73 bits per heavy atom. The van der Waals surface area contributed by atoms with E-state index in [0.29, 0.717) is 42.1 Å². The van der Waals surface area contributed by atoms with E-state index < -0.39 is 5.97 Å². The lowest BCUT2D eigenvalue weighted by molar-refractivity contribution is -0.154. The molecule has 6 heteroatoms. The van der Waals surface area contributed by atoms with Crippen molar-refractivity contribution in [3.8, 4) is 0 Å². The Kier molecular flexibility index (Phi) is 6.08. The number of hydrogen-bond acceptors (Lipinski definition) is 4. The molecule has 0 aromatic rings. The second kappa shape index (κ2) is 8.33. The molecule has 4 aliphatic carbocycles. The molecule has 0 aromatic heterocycles. The SMILES string of the molecule is C[C@]12CCC(OC(=O)NCCCO)CC1CC[C@@H]1[C@@H]2CC[C@]2(C)C(C(=O)O)CC[C@@H]12. The smallest absolute Gasteiger partial charge is 0.407 e. The molecule has 0 radical (unpaired) electrons. The van der Waals surface area contributed by atoms with Crippen molar-refractivity contribution in [1.82, 2.24) is 5.32 Å². The van der Waals surface area contributed by atoms with E-state index in [-0.39, 0.29) is 30.1 Å². The Bertz CT molecular complexity index is 668. The highest BCUT2D eigenvalue weighted by Gasteiger charge is 2.61. The maximum atomic E-state index is 12.0. The van der Waals surface area contributed by atoms with Gasteiger partial charge in [0.05, 0.1) is 5.92 Å². The quantitative estimate of drug-likeness (QED) is 0.578. The lowest BCUT2D eigenvalue weighted by atomic mass is 9.44. The Hall–Kier alpha value is -1.30. The summed E-state index contributed by atoms with van der Waals surface area (Å²) in [5, 5.41) is 21.3. The summed E-state index contributed by atoms with van der Waals surface area (Å²) in [4.78, 5) is 23.9. The fourth-order valence-electron chi connectivity index (χ4n) is 8.19. The van der Waals surface area contributed by atoms with Gasteiger partial charge in [-0.05, 0) is 98.7 Å². The molecular formula is C24H39NO5. The molecule has 0 spiro atoms. The number of fused-ring (bicyclic) bond motifs is 5. The number of amides is 1. The van der Waals surface area contributed by atoms with Gasteiger partial charge in [0, 0.05) is 13.2 Å². The number of aliphatic hydroxyl groups is 1. The molecular weight excluding hydrogens is 382 g/mol. The number of nitrogens with one attached hydrogen (secondary N) is 1. The van der Waals surface area contributed by atoms with Crippen molar-refractivity contribution in [2.24, 2.45) is 40.4 Å². The summed E-state index contributed by atoms with van der Waals surface area (Å²) in [5.74, 6) is 1.73. The highest BCUT2D eigenvalue weighted by Crippen LogP contribution is 2.67. The molecule has 0 bridgehead atoms. The minimum Gasteiger partial charge on any atom is -0.481 e. The summed E-state index contributed by atoms with van der Waals surface area (Å²) in [6.07, 6.45) is 9.65. The minimum absolute atomic E-state index is 0.00882. The topological polar surface area (TPSA) is 95.9 Å². The third-order valence-corrected chi connectivity index (χ3v) is 9.79. The van der Waals surface area contributed by atoms with Crippen LogP contribution in [0, 0.1) is 40.4 Å². The van der Waals surface area contributed by atoms with Crippen molar-refractivity contribution in [2.75, 3.05) is 13.2 Å². The zero-order chi connectivity index (χ0) is 21.5. The second-order valence-corrected chi connectivity index (χ2v) is 11.0. The Morgan fingerprint density at radius 1 is 1.00 bits per heavy atom. The molecule has 0 aliphatic heterocycles. The van der Waals surface area contributed by atoms with Gasteiger partial charge in [-0.25, -0.2) is 4.79 Å². The molecule has 3 unspecified atom stereocenters. The first-order chi connectivity index (χ1) is 14.3. The lowest BCUT2D eigenvalue weighted by Crippen LogP contribution is -2.54. The van der Waals surface area contributed by atoms with Crippen LogP contribution < -0.4 is 5.32 Å². The van der Waals surface area contributed by atoms with Crippen molar-refractivity contribution in [3.63, 3.8) is 0 Å². The van der Waals surface area contributed by atoms with Crippen molar-refractivity contribution >= 4 is 12.1 Å². The maximum Gasteiger partial charge on any atom is 0.407 e. The molecule has 3 N–H and O–H groups in total. The maximum absolute atomic E-state index is 12.0. The Balaban J connectivity index is 1.40. The van der Waals surface area contributed by atoms with Gasteiger partial charge < -0.3 is 20.3 Å². The molecule has 6 nitrogen and oxygen atoms in total. The molecule has 8 atom stereocenters. The van der Waals surface area contributed by atoms with E-state index in [1.54, 1.807) is 0 Å². The summed E-state index contributed by atoms with van der Waals surface area (Å²) in [5.41, 5.74) is 0.266. The molecule has 4 fully saturated rings. The molecule has 4 saturated carbocycles. The Morgan fingerprint density at radius 3 is 2.47 bits per heavy atom. The van der Waals surface area contributed by atoms with Gasteiger partial charge in [0.1, 0.15) is 6.10 Å². The summed E-state index contributed by atoms with van der Waals surface area (Å²) >= 11 is 0. The average Bonchev–Trinajstić information content (AvgIpc) is 3.06. The molecule has 30 heavy (non-hydrogen) atoms. The fourth-order valence-corrected chi connectivity index (χ4v) is 8.19. The number of ether oxygens (including phenoxy) is 1. The predicted octanol–water partition coefficient (Wildman–Crippen LogP) is 4.21. The first-order valence-corrected chi connectivity index (χ1v) is 12.1. The zero-order valence-electron chi connectivity index (χ0n) is 18.6.